The lowest BCUT2D eigenvalue weighted by Gasteiger charge is -2.32. The molecule has 2 heterocycles. The summed E-state index contributed by atoms with van der Waals surface area (Å²) in [6, 6.07) is 7.95. The van der Waals surface area contributed by atoms with E-state index in [4.69, 9.17) is 10.5 Å². The van der Waals surface area contributed by atoms with Crippen LogP contribution in [0.2, 0.25) is 0 Å². The number of hydrogen-bond donors (Lipinski definition) is 2. The van der Waals surface area contributed by atoms with Gasteiger partial charge in [0.2, 0.25) is 11.8 Å². The van der Waals surface area contributed by atoms with E-state index >= 15 is 0 Å². The van der Waals surface area contributed by atoms with Crippen LogP contribution in [-0.2, 0) is 20.9 Å². The van der Waals surface area contributed by atoms with Gasteiger partial charge in [-0.25, -0.2) is 4.98 Å². The first-order valence-corrected chi connectivity index (χ1v) is 11.9. The lowest BCUT2D eigenvalue weighted by atomic mass is 9.97. The van der Waals surface area contributed by atoms with Gasteiger partial charge in [-0.1, -0.05) is 24.0 Å². The van der Waals surface area contributed by atoms with Crippen LogP contribution in [0.15, 0.2) is 29.6 Å². The van der Waals surface area contributed by atoms with Crippen molar-refractivity contribution in [2.24, 2.45) is 11.7 Å². The molecule has 2 aromatic rings. The third-order valence-corrected chi connectivity index (χ3v) is 6.07. The van der Waals surface area contributed by atoms with Gasteiger partial charge in [0.15, 0.2) is 0 Å². The molecule has 1 unspecified atom stereocenters. The number of carbonyl (C=O) groups is 2. The van der Waals surface area contributed by atoms with Gasteiger partial charge in [-0.3, -0.25) is 9.59 Å². The monoisotopic (exact) mass is 454 g/mol. The number of amides is 2. The third-order valence-electron chi connectivity index (χ3n) is 5.22. The van der Waals surface area contributed by atoms with Crippen LogP contribution in [0.5, 0.6) is 0 Å². The first-order chi connectivity index (χ1) is 15.6. The Hall–Kier alpha value is -2.73. The van der Waals surface area contributed by atoms with E-state index in [1.54, 1.807) is 4.90 Å². The van der Waals surface area contributed by atoms with E-state index in [-0.39, 0.29) is 24.3 Å². The van der Waals surface area contributed by atoms with Crippen molar-refractivity contribution in [3.63, 3.8) is 0 Å². The standard InChI is InChI=1S/C24H30N4O3S/c1-2-31-16-23(29)28-13-5-7-20(15-28)24(30)26-14-22-27-21(17-32-22)19-10-8-18(9-11-19)6-3-4-12-25/h8-11,17,20H,2,4-5,7,12-16,25H2,1H3,(H,26,30). The van der Waals surface area contributed by atoms with E-state index in [1.165, 1.54) is 11.3 Å². The zero-order valence-corrected chi connectivity index (χ0v) is 19.2. The molecule has 0 bridgehead atoms. The van der Waals surface area contributed by atoms with Gasteiger partial charge in [-0.05, 0) is 31.9 Å². The van der Waals surface area contributed by atoms with Crippen LogP contribution in [0.4, 0.5) is 0 Å². The van der Waals surface area contributed by atoms with Crippen molar-refractivity contribution in [3.05, 3.63) is 40.2 Å². The van der Waals surface area contributed by atoms with Crippen molar-refractivity contribution in [2.45, 2.75) is 32.7 Å². The molecular formula is C24H30N4O3S. The van der Waals surface area contributed by atoms with Crippen LogP contribution >= 0.6 is 11.3 Å². The van der Waals surface area contributed by atoms with Gasteiger partial charge in [-0.2, -0.15) is 0 Å². The van der Waals surface area contributed by atoms with Crippen LogP contribution in [-0.4, -0.2) is 54.5 Å². The molecule has 0 radical (unpaired) electrons. The highest BCUT2D eigenvalue weighted by Gasteiger charge is 2.28. The van der Waals surface area contributed by atoms with Crippen LogP contribution in [0.1, 0.15) is 36.8 Å². The number of benzene rings is 1. The molecule has 1 aliphatic rings. The summed E-state index contributed by atoms with van der Waals surface area (Å²) in [5.74, 6) is 5.84. The third kappa shape index (κ3) is 6.89. The van der Waals surface area contributed by atoms with Gasteiger partial charge in [0.25, 0.3) is 0 Å². The lowest BCUT2D eigenvalue weighted by Crippen LogP contribution is -2.46. The number of rotatable bonds is 8. The Balaban J connectivity index is 1.51. The summed E-state index contributed by atoms with van der Waals surface area (Å²) in [6.45, 7) is 4.52. The summed E-state index contributed by atoms with van der Waals surface area (Å²) in [5.41, 5.74) is 8.30. The maximum absolute atomic E-state index is 12.7. The van der Waals surface area contributed by atoms with Gasteiger partial charge >= 0.3 is 0 Å². The van der Waals surface area contributed by atoms with Gasteiger partial charge in [0.1, 0.15) is 11.6 Å². The average molecular weight is 455 g/mol. The molecule has 1 aliphatic heterocycles. The van der Waals surface area contributed by atoms with Crippen molar-refractivity contribution >= 4 is 23.2 Å². The van der Waals surface area contributed by atoms with Crippen LogP contribution in [0.3, 0.4) is 0 Å². The fourth-order valence-corrected chi connectivity index (χ4v) is 4.23. The minimum Gasteiger partial charge on any atom is -0.372 e. The van der Waals surface area contributed by atoms with E-state index < -0.39 is 0 Å². The molecular weight excluding hydrogens is 424 g/mol. The normalized spacial score (nSPS) is 15.7. The minimum absolute atomic E-state index is 0.0314. The van der Waals surface area contributed by atoms with E-state index in [0.717, 1.165) is 34.7 Å². The molecule has 2 amide bonds. The molecule has 0 saturated carbocycles. The second-order valence-corrected chi connectivity index (χ2v) is 8.52. The number of nitrogens with one attached hydrogen (secondary N) is 1. The largest absolute Gasteiger partial charge is 0.372 e. The Morgan fingerprint density at radius 3 is 2.91 bits per heavy atom. The molecule has 7 nitrogen and oxygen atoms in total. The maximum Gasteiger partial charge on any atom is 0.248 e. The number of thiazole rings is 1. The van der Waals surface area contributed by atoms with Crippen molar-refractivity contribution in [3.8, 4) is 23.1 Å². The Kier molecular flexibility index (Phi) is 9.23. The van der Waals surface area contributed by atoms with E-state index in [1.807, 2.05) is 36.6 Å². The molecule has 8 heteroatoms. The highest BCUT2D eigenvalue weighted by atomic mass is 32.1. The molecule has 1 atom stereocenters. The number of nitrogens with two attached hydrogens (primary N) is 1. The lowest BCUT2D eigenvalue weighted by molar-refractivity contribution is -0.139. The van der Waals surface area contributed by atoms with Gasteiger partial charge in [-0.15, -0.1) is 11.3 Å². The molecule has 1 aromatic carbocycles. The Morgan fingerprint density at radius 1 is 1.34 bits per heavy atom. The predicted octanol–water partition coefficient (Wildman–Crippen LogP) is 2.40. The maximum atomic E-state index is 12.7. The fraction of sp³-hybridized carbons (Fsp3) is 0.458. The smallest absolute Gasteiger partial charge is 0.248 e. The molecule has 0 spiro atoms. The van der Waals surface area contributed by atoms with E-state index in [2.05, 4.69) is 22.1 Å². The summed E-state index contributed by atoms with van der Waals surface area (Å²) >= 11 is 1.52. The van der Waals surface area contributed by atoms with E-state index in [9.17, 15) is 9.59 Å². The summed E-state index contributed by atoms with van der Waals surface area (Å²) in [4.78, 5) is 31.2. The summed E-state index contributed by atoms with van der Waals surface area (Å²) in [7, 11) is 0. The average Bonchev–Trinajstić information content (AvgIpc) is 3.31. The van der Waals surface area contributed by atoms with E-state index in [0.29, 0.717) is 39.2 Å². The SMILES string of the molecule is CCOCC(=O)N1CCCC(C(=O)NCc2nc(-c3ccc(C#CCCN)cc3)cs2)C1. The number of carbonyl (C=O) groups excluding carboxylic acids is 2. The highest BCUT2D eigenvalue weighted by molar-refractivity contribution is 7.09. The number of piperidine rings is 1. The van der Waals surface area contributed by atoms with Crippen LogP contribution < -0.4 is 11.1 Å². The molecule has 3 N–H and O–H groups in total. The number of likely N-dealkylation sites (tertiary alicyclic amines) is 1. The molecule has 1 fully saturated rings. The highest BCUT2D eigenvalue weighted by Crippen LogP contribution is 2.23. The molecule has 1 saturated heterocycles. The van der Waals surface area contributed by atoms with Crippen molar-refractivity contribution in [1.82, 2.24) is 15.2 Å². The molecule has 1 aromatic heterocycles. The first kappa shape index (κ1) is 23.9. The second kappa shape index (κ2) is 12.3. The van der Waals surface area contributed by atoms with Crippen molar-refractivity contribution in [2.75, 3.05) is 32.8 Å². The number of aromatic nitrogens is 1. The van der Waals surface area contributed by atoms with Crippen molar-refractivity contribution < 1.29 is 14.3 Å². The van der Waals surface area contributed by atoms with Gasteiger partial charge in [0.05, 0.1) is 18.2 Å². The Bertz CT molecular complexity index is 962. The van der Waals surface area contributed by atoms with Gasteiger partial charge in [0, 0.05) is 49.2 Å². The Labute approximate surface area is 193 Å². The molecule has 0 aliphatic carbocycles. The number of ether oxygens (including phenoxy) is 1. The predicted molar refractivity (Wildman–Crippen MR) is 126 cm³/mol. The zero-order valence-electron chi connectivity index (χ0n) is 18.4. The molecule has 3 rings (SSSR count). The molecule has 170 valence electrons. The Morgan fingerprint density at radius 2 is 2.16 bits per heavy atom. The second-order valence-electron chi connectivity index (χ2n) is 7.58. The van der Waals surface area contributed by atoms with Crippen molar-refractivity contribution in [1.29, 1.82) is 0 Å². The minimum atomic E-state index is -0.193. The summed E-state index contributed by atoms with van der Waals surface area (Å²) in [5, 5.41) is 5.82. The quantitative estimate of drug-likeness (QED) is 0.597. The molecule has 32 heavy (non-hydrogen) atoms. The van der Waals surface area contributed by atoms with Crippen LogP contribution in [0.25, 0.3) is 11.3 Å². The summed E-state index contributed by atoms with van der Waals surface area (Å²) in [6.07, 6.45) is 2.29. The van der Waals surface area contributed by atoms with Gasteiger partial charge < -0.3 is 20.7 Å². The fourth-order valence-electron chi connectivity index (χ4n) is 3.49. The topological polar surface area (TPSA) is 97.5 Å². The first-order valence-electron chi connectivity index (χ1n) is 11.0. The summed E-state index contributed by atoms with van der Waals surface area (Å²) < 4.78 is 5.21. The van der Waals surface area contributed by atoms with Crippen LogP contribution in [0, 0.1) is 17.8 Å². The zero-order chi connectivity index (χ0) is 22.8. The number of nitrogens with zero attached hydrogens (tertiary/aromatic N) is 2. The number of hydrogen-bond acceptors (Lipinski definition) is 6.